The highest BCUT2D eigenvalue weighted by molar-refractivity contribution is 5.85. The van der Waals surface area contributed by atoms with Crippen LogP contribution in [0, 0.1) is 11.8 Å². The molecular formula is C19H16N6O. The van der Waals surface area contributed by atoms with Gasteiger partial charge in [-0.2, -0.15) is 10.3 Å². The Kier molecular flexibility index (Phi) is 3.75. The Balaban J connectivity index is 1.80. The largest absolute Gasteiger partial charge is 0.378 e. The van der Waals surface area contributed by atoms with Gasteiger partial charge in [0.1, 0.15) is 5.60 Å². The monoisotopic (exact) mass is 344 g/mol. The van der Waals surface area contributed by atoms with Crippen LogP contribution in [0.15, 0.2) is 48.8 Å². The Hall–Kier alpha value is -3.50. The predicted octanol–water partition coefficient (Wildman–Crippen LogP) is 2.30. The summed E-state index contributed by atoms with van der Waals surface area (Å²) in [6.07, 6.45) is 3.69. The van der Waals surface area contributed by atoms with Crippen LogP contribution in [0.4, 0.5) is 0 Å². The molecule has 0 saturated carbocycles. The minimum atomic E-state index is -1.06. The summed E-state index contributed by atoms with van der Waals surface area (Å²) < 4.78 is 1.79. The number of tetrazole rings is 1. The summed E-state index contributed by atoms with van der Waals surface area (Å²) in [5.41, 5.74) is 3.50. The van der Waals surface area contributed by atoms with Gasteiger partial charge in [0.05, 0.1) is 17.3 Å². The number of nitrogens with zero attached hydrogens (tertiary/aromatic N) is 5. The van der Waals surface area contributed by atoms with Gasteiger partial charge in [0.15, 0.2) is 0 Å². The molecule has 128 valence electrons. The second kappa shape index (κ2) is 6.10. The quantitative estimate of drug-likeness (QED) is 0.544. The van der Waals surface area contributed by atoms with Gasteiger partial charge in [-0.1, -0.05) is 36.1 Å². The molecule has 0 atom stereocenters. The molecule has 1 aromatic carbocycles. The first-order valence-corrected chi connectivity index (χ1v) is 8.07. The number of pyridine rings is 1. The summed E-state index contributed by atoms with van der Waals surface area (Å²) in [6.45, 7) is 3.32. The van der Waals surface area contributed by atoms with Crippen molar-refractivity contribution in [3.05, 3.63) is 54.4 Å². The molecule has 0 aliphatic rings. The maximum atomic E-state index is 9.89. The fourth-order valence-corrected chi connectivity index (χ4v) is 2.66. The smallest absolute Gasteiger partial charge is 0.204 e. The molecule has 0 amide bonds. The zero-order valence-electron chi connectivity index (χ0n) is 14.3. The maximum absolute atomic E-state index is 9.89. The van der Waals surface area contributed by atoms with Crippen molar-refractivity contribution < 1.29 is 5.11 Å². The molecule has 0 radical (unpaired) electrons. The maximum Gasteiger partial charge on any atom is 0.204 e. The van der Waals surface area contributed by atoms with Crippen LogP contribution >= 0.6 is 0 Å². The lowest BCUT2D eigenvalue weighted by Gasteiger charge is -2.07. The second-order valence-corrected chi connectivity index (χ2v) is 6.40. The fraction of sp³-hybridized carbons (Fsp3) is 0.158. The lowest BCUT2D eigenvalue weighted by molar-refractivity contribution is 0.143. The molecule has 26 heavy (non-hydrogen) atoms. The van der Waals surface area contributed by atoms with E-state index in [1.54, 1.807) is 18.4 Å². The molecule has 3 aromatic heterocycles. The molecule has 3 heterocycles. The number of H-pyrrole nitrogens is 1. The van der Waals surface area contributed by atoms with Crippen LogP contribution in [0.5, 0.6) is 0 Å². The van der Waals surface area contributed by atoms with Crippen molar-refractivity contribution in [2.75, 3.05) is 0 Å². The summed E-state index contributed by atoms with van der Waals surface area (Å²) in [7, 11) is 0. The zero-order valence-corrected chi connectivity index (χ0v) is 14.3. The average Bonchev–Trinajstić information content (AvgIpc) is 3.29. The molecular weight excluding hydrogens is 328 g/mol. The molecule has 0 fully saturated rings. The molecule has 0 saturated heterocycles. The number of hydrogen-bond donors (Lipinski definition) is 2. The van der Waals surface area contributed by atoms with E-state index in [1.807, 2.05) is 48.8 Å². The van der Waals surface area contributed by atoms with E-state index in [-0.39, 0.29) is 0 Å². The van der Waals surface area contributed by atoms with Crippen LogP contribution in [-0.2, 0) is 0 Å². The minimum absolute atomic E-state index is 0.549. The summed E-state index contributed by atoms with van der Waals surface area (Å²) in [4.78, 5) is 0. The Labute approximate surface area is 149 Å². The van der Waals surface area contributed by atoms with Gasteiger partial charge >= 0.3 is 0 Å². The van der Waals surface area contributed by atoms with Crippen LogP contribution in [0.25, 0.3) is 28.0 Å². The molecule has 7 nitrogen and oxygen atoms in total. The Morgan fingerprint density at radius 2 is 1.88 bits per heavy atom. The van der Waals surface area contributed by atoms with Crippen molar-refractivity contribution in [3.8, 4) is 34.4 Å². The summed E-state index contributed by atoms with van der Waals surface area (Å²) in [5.74, 6) is 6.48. The first kappa shape index (κ1) is 16.0. The number of rotatable bonds is 2. The first-order valence-electron chi connectivity index (χ1n) is 8.07. The number of aromatic nitrogens is 6. The van der Waals surface area contributed by atoms with Gasteiger partial charge in [0.2, 0.25) is 5.82 Å². The molecule has 7 heteroatoms. The second-order valence-electron chi connectivity index (χ2n) is 6.40. The van der Waals surface area contributed by atoms with Gasteiger partial charge in [0.25, 0.3) is 0 Å². The van der Waals surface area contributed by atoms with E-state index < -0.39 is 5.60 Å². The van der Waals surface area contributed by atoms with Crippen molar-refractivity contribution in [2.24, 2.45) is 0 Å². The van der Waals surface area contributed by atoms with Crippen LogP contribution in [0.3, 0.4) is 0 Å². The molecule has 0 unspecified atom stereocenters. The normalized spacial score (nSPS) is 11.3. The number of fused-ring (bicyclic) bond motifs is 1. The van der Waals surface area contributed by atoms with E-state index >= 15 is 0 Å². The molecule has 0 bridgehead atoms. The summed E-state index contributed by atoms with van der Waals surface area (Å²) in [5, 5.41) is 28.3. The van der Waals surface area contributed by atoms with E-state index in [1.165, 1.54) is 0 Å². The highest BCUT2D eigenvalue weighted by Gasteiger charge is 2.12. The highest BCUT2D eigenvalue weighted by atomic mass is 16.3. The van der Waals surface area contributed by atoms with Crippen LogP contribution in [0.2, 0.25) is 0 Å². The van der Waals surface area contributed by atoms with Gasteiger partial charge in [-0.05, 0) is 36.8 Å². The number of aliphatic hydroxyl groups is 1. The molecule has 0 spiro atoms. The van der Waals surface area contributed by atoms with Crippen molar-refractivity contribution in [1.82, 2.24) is 30.2 Å². The molecule has 0 aliphatic carbocycles. The number of nitrogens with one attached hydrogen (secondary N) is 1. The summed E-state index contributed by atoms with van der Waals surface area (Å²) >= 11 is 0. The van der Waals surface area contributed by atoms with Gasteiger partial charge in [-0.15, -0.1) is 10.2 Å². The van der Waals surface area contributed by atoms with Crippen molar-refractivity contribution in [3.63, 3.8) is 0 Å². The predicted molar refractivity (Wildman–Crippen MR) is 97.0 cm³/mol. The van der Waals surface area contributed by atoms with E-state index in [9.17, 15) is 5.11 Å². The topological polar surface area (TPSA) is 92.0 Å². The lowest BCUT2D eigenvalue weighted by atomic mass is 10.0. The van der Waals surface area contributed by atoms with Crippen LogP contribution in [-0.4, -0.2) is 40.9 Å². The Morgan fingerprint density at radius 3 is 2.58 bits per heavy atom. The van der Waals surface area contributed by atoms with E-state index in [4.69, 9.17) is 0 Å². The average molecular weight is 344 g/mol. The van der Waals surface area contributed by atoms with Crippen LogP contribution in [0.1, 0.15) is 19.4 Å². The van der Waals surface area contributed by atoms with E-state index in [2.05, 4.69) is 37.6 Å². The standard InChI is InChI=1S/C19H16N6O/c1-19(2,26)10-9-14-4-3-11-25-17(14)16(12-20-25)13-5-7-15(8-6-13)18-21-23-24-22-18/h3-8,11-12,26H,1-2H3,(H,21,22,23,24). The lowest BCUT2D eigenvalue weighted by Crippen LogP contribution is -2.14. The number of aromatic amines is 1. The highest BCUT2D eigenvalue weighted by Crippen LogP contribution is 2.28. The molecule has 0 aliphatic heterocycles. The third-order valence-electron chi connectivity index (χ3n) is 3.84. The third kappa shape index (κ3) is 3.06. The van der Waals surface area contributed by atoms with Gasteiger partial charge in [-0.25, -0.2) is 4.52 Å². The van der Waals surface area contributed by atoms with Gasteiger partial charge < -0.3 is 5.11 Å². The molecule has 4 aromatic rings. The first-order chi connectivity index (χ1) is 12.5. The Bertz CT molecular complexity index is 1110. The Morgan fingerprint density at radius 1 is 1.12 bits per heavy atom. The molecule has 2 N–H and O–H groups in total. The van der Waals surface area contributed by atoms with Gasteiger partial charge in [-0.3, -0.25) is 0 Å². The number of benzene rings is 1. The third-order valence-corrected chi connectivity index (χ3v) is 3.84. The fourth-order valence-electron chi connectivity index (χ4n) is 2.66. The van der Waals surface area contributed by atoms with Crippen molar-refractivity contribution in [2.45, 2.75) is 19.4 Å². The van der Waals surface area contributed by atoms with E-state index in [0.717, 1.165) is 27.8 Å². The summed E-state index contributed by atoms with van der Waals surface area (Å²) in [6, 6.07) is 11.7. The number of hydrogen-bond acceptors (Lipinski definition) is 5. The van der Waals surface area contributed by atoms with Crippen molar-refractivity contribution >= 4 is 5.52 Å². The minimum Gasteiger partial charge on any atom is -0.378 e. The SMILES string of the molecule is CC(C)(O)C#Cc1cccn2ncc(-c3ccc(-c4nn[nH]n4)cc3)c12. The van der Waals surface area contributed by atoms with Gasteiger partial charge in [0, 0.05) is 17.3 Å². The zero-order chi connectivity index (χ0) is 18.1. The van der Waals surface area contributed by atoms with E-state index in [0.29, 0.717) is 5.82 Å². The van der Waals surface area contributed by atoms with Crippen LogP contribution < -0.4 is 0 Å². The molecule has 4 rings (SSSR count). The van der Waals surface area contributed by atoms with Crippen molar-refractivity contribution in [1.29, 1.82) is 0 Å².